The molecule has 5 heteroatoms. The molecule has 15 heavy (non-hydrogen) atoms. The van der Waals surface area contributed by atoms with E-state index in [4.69, 9.17) is 23.2 Å². The van der Waals surface area contributed by atoms with E-state index in [1.54, 1.807) is 6.20 Å². The van der Waals surface area contributed by atoms with Gasteiger partial charge in [-0.2, -0.15) is 0 Å². The molecule has 0 aliphatic heterocycles. The molecule has 0 bridgehead atoms. The lowest BCUT2D eigenvalue weighted by molar-refractivity contribution is 0.479. The highest BCUT2D eigenvalue weighted by Gasteiger charge is 2.22. The van der Waals surface area contributed by atoms with Crippen molar-refractivity contribution >= 4 is 29.0 Å². The van der Waals surface area contributed by atoms with Crippen molar-refractivity contribution in [2.24, 2.45) is 0 Å². The van der Waals surface area contributed by atoms with Crippen molar-refractivity contribution in [1.29, 1.82) is 0 Å². The Morgan fingerprint density at radius 1 is 1.53 bits per heavy atom. The second-order valence-electron chi connectivity index (χ2n) is 3.70. The summed E-state index contributed by atoms with van der Waals surface area (Å²) in [5.41, 5.74) is -0.0697. The van der Waals surface area contributed by atoms with Crippen LogP contribution < -0.4 is 5.32 Å². The van der Waals surface area contributed by atoms with E-state index in [1.165, 1.54) is 6.33 Å². The van der Waals surface area contributed by atoms with E-state index in [9.17, 15) is 0 Å². The number of aromatic nitrogens is 2. The van der Waals surface area contributed by atoms with Crippen molar-refractivity contribution in [3.63, 3.8) is 0 Å². The predicted molar refractivity (Wildman–Crippen MR) is 64.7 cm³/mol. The third-order valence-corrected chi connectivity index (χ3v) is 2.98. The molecule has 3 nitrogen and oxygen atoms in total. The lowest BCUT2D eigenvalue weighted by Gasteiger charge is -2.29. The maximum Gasteiger partial charge on any atom is 0.148 e. The summed E-state index contributed by atoms with van der Waals surface area (Å²) >= 11 is 11.7. The zero-order chi connectivity index (χ0) is 11.3. The van der Waals surface area contributed by atoms with E-state index >= 15 is 0 Å². The van der Waals surface area contributed by atoms with Crippen LogP contribution in [-0.4, -0.2) is 21.4 Å². The fraction of sp³-hybridized carbons (Fsp3) is 0.600. The third-order valence-electron chi connectivity index (χ3n) is 2.51. The second-order valence-corrected chi connectivity index (χ2v) is 4.48. The van der Waals surface area contributed by atoms with Gasteiger partial charge < -0.3 is 5.32 Å². The summed E-state index contributed by atoms with van der Waals surface area (Å²) in [7, 11) is 0. The molecule has 84 valence electrons. The molecular weight excluding hydrogens is 233 g/mol. The summed E-state index contributed by atoms with van der Waals surface area (Å²) in [6.07, 6.45) is 4.88. The van der Waals surface area contributed by atoms with Crippen LogP contribution in [0, 0.1) is 0 Å². The molecule has 0 radical (unpaired) electrons. The fourth-order valence-electron chi connectivity index (χ4n) is 1.23. The SMILES string of the molecule is CCC(C)(CCCl)Nc1ncncc1Cl. The molecule has 0 saturated heterocycles. The van der Waals surface area contributed by atoms with E-state index in [2.05, 4.69) is 29.1 Å². The van der Waals surface area contributed by atoms with Crippen LogP contribution in [0.1, 0.15) is 26.7 Å². The molecule has 1 heterocycles. The van der Waals surface area contributed by atoms with Crippen LogP contribution in [0.2, 0.25) is 5.02 Å². The Morgan fingerprint density at radius 2 is 2.27 bits per heavy atom. The molecule has 1 rings (SSSR count). The van der Waals surface area contributed by atoms with Crippen molar-refractivity contribution in [2.75, 3.05) is 11.2 Å². The highest BCUT2D eigenvalue weighted by Crippen LogP contribution is 2.25. The summed E-state index contributed by atoms with van der Waals surface area (Å²) in [4.78, 5) is 7.93. The molecule has 0 aromatic carbocycles. The number of hydrogen-bond donors (Lipinski definition) is 1. The van der Waals surface area contributed by atoms with Gasteiger partial charge in [0.15, 0.2) is 0 Å². The highest BCUT2D eigenvalue weighted by atomic mass is 35.5. The highest BCUT2D eigenvalue weighted by molar-refractivity contribution is 6.32. The Kier molecular flexibility index (Phi) is 4.61. The van der Waals surface area contributed by atoms with Crippen molar-refractivity contribution < 1.29 is 0 Å². The van der Waals surface area contributed by atoms with Crippen LogP contribution in [0.5, 0.6) is 0 Å². The first-order chi connectivity index (χ1) is 7.11. The normalized spacial score (nSPS) is 14.7. The molecule has 1 N–H and O–H groups in total. The summed E-state index contributed by atoms with van der Waals surface area (Å²) in [6.45, 7) is 4.21. The molecule has 1 aromatic heterocycles. The van der Waals surface area contributed by atoms with Gasteiger partial charge >= 0.3 is 0 Å². The monoisotopic (exact) mass is 247 g/mol. The van der Waals surface area contributed by atoms with Crippen LogP contribution in [0.25, 0.3) is 0 Å². The quantitative estimate of drug-likeness (QED) is 0.812. The van der Waals surface area contributed by atoms with Gasteiger partial charge in [0, 0.05) is 11.4 Å². The van der Waals surface area contributed by atoms with Crippen LogP contribution in [0.4, 0.5) is 5.82 Å². The van der Waals surface area contributed by atoms with E-state index < -0.39 is 0 Å². The van der Waals surface area contributed by atoms with Gasteiger partial charge in [-0.05, 0) is 19.8 Å². The van der Waals surface area contributed by atoms with Gasteiger partial charge in [0.2, 0.25) is 0 Å². The predicted octanol–water partition coefficient (Wildman–Crippen LogP) is 3.34. The molecule has 0 fully saturated rings. The van der Waals surface area contributed by atoms with E-state index in [0.29, 0.717) is 16.7 Å². The Bertz CT molecular complexity index is 319. The largest absolute Gasteiger partial charge is 0.364 e. The minimum absolute atomic E-state index is 0.0697. The smallest absolute Gasteiger partial charge is 0.148 e. The second kappa shape index (κ2) is 5.52. The molecule has 0 spiro atoms. The van der Waals surface area contributed by atoms with Gasteiger partial charge in [-0.15, -0.1) is 11.6 Å². The van der Waals surface area contributed by atoms with Crippen LogP contribution >= 0.6 is 23.2 Å². The molecule has 0 saturated carbocycles. The van der Waals surface area contributed by atoms with Crippen molar-refractivity contribution in [2.45, 2.75) is 32.2 Å². The van der Waals surface area contributed by atoms with E-state index in [1.807, 2.05) is 0 Å². The molecular formula is C10H15Cl2N3. The van der Waals surface area contributed by atoms with E-state index in [-0.39, 0.29) is 5.54 Å². The number of halogens is 2. The topological polar surface area (TPSA) is 37.8 Å². The molecule has 1 aromatic rings. The van der Waals surface area contributed by atoms with E-state index in [0.717, 1.165) is 12.8 Å². The summed E-state index contributed by atoms with van der Waals surface area (Å²) in [5.74, 6) is 1.28. The molecule has 1 atom stereocenters. The minimum Gasteiger partial charge on any atom is -0.364 e. The average molecular weight is 248 g/mol. The first kappa shape index (κ1) is 12.5. The zero-order valence-corrected chi connectivity index (χ0v) is 10.4. The Balaban J connectivity index is 2.79. The van der Waals surface area contributed by atoms with Crippen LogP contribution in [0.3, 0.4) is 0 Å². The van der Waals surface area contributed by atoms with Gasteiger partial charge in [-0.3, -0.25) is 0 Å². The number of nitrogens with zero attached hydrogens (tertiary/aromatic N) is 2. The lowest BCUT2D eigenvalue weighted by atomic mass is 9.95. The molecule has 0 aliphatic rings. The first-order valence-electron chi connectivity index (χ1n) is 4.91. The standard InChI is InChI=1S/C10H15Cl2N3/c1-3-10(2,4-5-11)15-9-8(12)6-13-7-14-9/h6-7H,3-5H2,1-2H3,(H,13,14,15). The Hall–Kier alpha value is -0.540. The van der Waals surface area contributed by atoms with Gasteiger partial charge in [0.25, 0.3) is 0 Å². The van der Waals surface area contributed by atoms with Gasteiger partial charge in [-0.1, -0.05) is 18.5 Å². The fourth-order valence-corrected chi connectivity index (χ4v) is 1.80. The number of rotatable bonds is 5. The van der Waals surface area contributed by atoms with Gasteiger partial charge in [0.05, 0.1) is 6.20 Å². The van der Waals surface area contributed by atoms with Crippen molar-refractivity contribution in [3.05, 3.63) is 17.5 Å². The maximum atomic E-state index is 5.97. The summed E-state index contributed by atoms with van der Waals surface area (Å²) < 4.78 is 0. The Labute approximate surface area is 100 Å². The number of alkyl halides is 1. The van der Waals surface area contributed by atoms with Crippen molar-refractivity contribution in [3.8, 4) is 0 Å². The number of anilines is 1. The van der Waals surface area contributed by atoms with Gasteiger partial charge in [-0.25, -0.2) is 9.97 Å². The third kappa shape index (κ3) is 3.50. The average Bonchev–Trinajstić information content (AvgIpc) is 2.22. The molecule has 0 aliphatic carbocycles. The summed E-state index contributed by atoms with van der Waals surface area (Å²) in [6, 6.07) is 0. The van der Waals surface area contributed by atoms with Crippen LogP contribution in [0.15, 0.2) is 12.5 Å². The Morgan fingerprint density at radius 3 is 2.80 bits per heavy atom. The van der Waals surface area contributed by atoms with Crippen LogP contribution in [-0.2, 0) is 0 Å². The lowest BCUT2D eigenvalue weighted by Crippen LogP contribution is -2.35. The van der Waals surface area contributed by atoms with Gasteiger partial charge in [0.1, 0.15) is 17.2 Å². The number of nitrogens with one attached hydrogen (secondary N) is 1. The maximum absolute atomic E-state index is 5.97. The summed E-state index contributed by atoms with van der Waals surface area (Å²) in [5, 5.41) is 3.84. The first-order valence-corrected chi connectivity index (χ1v) is 5.82. The molecule has 1 unspecified atom stereocenters. The van der Waals surface area contributed by atoms with Crippen molar-refractivity contribution in [1.82, 2.24) is 9.97 Å². The molecule has 0 amide bonds. The zero-order valence-electron chi connectivity index (χ0n) is 8.93. The number of hydrogen-bond acceptors (Lipinski definition) is 3. The minimum atomic E-state index is -0.0697.